The maximum atomic E-state index is 12.8. The number of pyridine rings is 1. The summed E-state index contributed by atoms with van der Waals surface area (Å²) < 4.78 is 0. The predicted molar refractivity (Wildman–Crippen MR) is 121 cm³/mol. The van der Waals surface area contributed by atoms with Crippen molar-refractivity contribution in [2.45, 2.75) is 47.1 Å². The highest BCUT2D eigenvalue weighted by Gasteiger charge is 2.21. The molecule has 0 spiro atoms. The van der Waals surface area contributed by atoms with Gasteiger partial charge in [0.15, 0.2) is 5.78 Å². The zero-order valence-corrected chi connectivity index (χ0v) is 18.6. The van der Waals surface area contributed by atoms with Crippen molar-refractivity contribution in [3.63, 3.8) is 0 Å². The van der Waals surface area contributed by atoms with Crippen LogP contribution in [-0.2, 0) is 13.0 Å². The number of rotatable bonds is 6. The van der Waals surface area contributed by atoms with Crippen LogP contribution in [0.4, 0.5) is 5.95 Å². The Morgan fingerprint density at radius 2 is 1.90 bits per heavy atom. The van der Waals surface area contributed by atoms with Gasteiger partial charge in [0.05, 0.1) is 6.54 Å². The van der Waals surface area contributed by atoms with Crippen LogP contribution in [0.1, 0.15) is 53.0 Å². The molecule has 0 aliphatic carbocycles. The third kappa shape index (κ3) is 4.55. The lowest BCUT2D eigenvalue weighted by Gasteiger charge is -2.29. The van der Waals surface area contributed by atoms with E-state index in [0.29, 0.717) is 18.9 Å². The van der Waals surface area contributed by atoms with Crippen molar-refractivity contribution in [2.24, 2.45) is 0 Å². The number of hydrogen-bond donors (Lipinski definition) is 0. The Morgan fingerprint density at radius 1 is 1.13 bits per heavy atom. The van der Waals surface area contributed by atoms with E-state index in [1.165, 1.54) is 16.7 Å². The standard InChI is InChI=1S/C24H28N6O/c1-5-30-27-24(26-28-30)29-11-10-16(2)22(15-29)20-8-6-19(7-9-20)13-23(31)21-12-18(4)25-14-17(21)3/h6-9,12,14H,5,10-11,13,15H2,1-4H3. The molecule has 160 valence electrons. The van der Waals surface area contributed by atoms with Gasteiger partial charge in [-0.25, -0.2) is 0 Å². The Kier molecular flexibility index (Phi) is 5.93. The topological polar surface area (TPSA) is 76.8 Å². The molecule has 0 saturated heterocycles. The second kappa shape index (κ2) is 8.79. The molecule has 7 heteroatoms. The maximum absolute atomic E-state index is 12.8. The molecular weight excluding hydrogens is 388 g/mol. The van der Waals surface area contributed by atoms with Crippen molar-refractivity contribution >= 4 is 17.3 Å². The van der Waals surface area contributed by atoms with E-state index in [9.17, 15) is 4.79 Å². The van der Waals surface area contributed by atoms with Crippen LogP contribution in [0.25, 0.3) is 5.57 Å². The normalized spacial score (nSPS) is 14.3. The van der Waals surface area contributed by atoms with Crippen LogP contribution in [0.2, 0.25) is 0 Å². The second-order valence-corrected chi connectivity index (χ2v) is 8.15. The summed E-state index contributed by atoms with van der Waals surface area (Å²) in [7, 11) is 0. The first-order valence-electron chi connectivity index (χ1n) is 10.7. The number of hydrogen-bond acceptors (Lipinski definition) is 6. The van der Waals surface area contributed by atoms with Gasteiger partial charge >= 0.3 is 0 Å². The zero-order chi connectivity index (χ0) is 22.0. The highest BCUT2D eigenvalue weighted by molar-refractivity contribution is 5.98. The van der Waals surface area contributed by atoms with Gasteiger partial charge in [0.1, 0.15) is 0 Å². The summed E-state index contributed by atoms with van der Waals surface area (Å²) in [4.78, 5) is 20.8. The van der Waals surface area contributed by atoms with E-state index in [4.69, 9.17) is 0 Å². The van der Waals surface area contributed by atoms with Crippen LogP contribution >= 0.6 is 0 Å². The predicted octanol–water partition coefficient (Wildman–Crippen LogP) is 3.81. The number of aromatic nitrogens is 5. The smallest absolute Gasteiger partial charge is 0.266 e. The van der Waals surface area contributed by atoms with E-state index in [1.807, 2.05) is 26.8 Å². The van der Waals surface area contributed by atoms with Gasteiger partial charge in [-0.2, -0.15) is 4.80 Å². The third-order valence-electron chi connectivity index (χ3n) is 5.84. The van der Waals surface area contributed by atoms with Crippen LogP contribution in [-0.4, -0.2) is 44.1 Å². The summed E-state index contributed by atoms with van der Waals surface area (Å²) in [6.07, 6.45) is 3.12. The Morgan fingerprint density at radius 3 is 2.61 bits per heavy atom. The molecule has 0 fully saturated rings. The van der Waals surface area contributed by atoms with Crippen LogP contribution < -0.4 is 4.90 Å². The number of anilines is 1. The first-order valence-corrected chi connectivity index (χ1v) is 10.7. The lowest BCUT2D eigenvalue weighted by Crippen LogP contribution is -2.31. The Labute approximate surface area is 182 Å². The minimum Gasteiger partial charge on any atom is -0.334 e. The average molecular weight is 417 g/mol. The largest absolute Gasteiger partial charge is 0.334 e. The van der Waals surface area contributed by atoms with E-state index in [0.717, 1.165) is 41.9 Å². The molecule has 4 rings (SSSR count). The van der Waals surface area contributed by atoms with Crippen molar-refractivity contribution < 1.29 is 4.79 Å². The van der Waals surface area contributed by atoms with E-state index in [2.05, 4.69) is 56.5 Å². The number of nitrogens with zero attached hydrogens (tertiary/aromatic N) is 6. The van der Waals surface area contributed by atoms with Gasteiger partial charge < -0.3 is 4.90 Å². The fourth-order valence-electron chi connectivity index (χ4n) is 3.90. The van der Waals surface area contributed by atoms with Crippen molar-refractivity contribution in [3.8, 4) is 0 Å². The van der Waals surface area contributed by atoms with E-state index in [-0.39, 0.29) is 5.78 Å². The molecule has 0 bridgehead atoms. The molecule has 1 aliphatic rings. The number of aryl methyl sites for hydroxylation is 3. The van der Waals surface area contributed by atoms with Gasteiger partial charge in [-0.05, 0) is 67.7 Å². The van der Waals surface area contributed by atoms with Crippen molar-refractivity contribution in [3.05, 3.63) is 70.0 Å². The molecule has 0 atom stereocenters. The Balaban J connectivity index is 1.49. The quantitative estimate of drug-likeness (QED) is 0.569. The fraction of sp³-hybridized carbons (Fsp3) is 0.375. The number of Topliss-reactive ketones (excluding diaryl/α,β-unsaturated/α-hetero) is 1. The third-order valence-corrected chi connectivity index (χ3v) is 5.84. The van der Waals surface area contributed by atoms with Crippen LogP contribution in [0.15, 0.2) is 42.1 Å². The molecule has 7 nitrogen and oxygen atoms in total. The summed E-state index contributed by atoms with van der Waals surface area (Å²) in [6.45, 7) is 10.4. The van der Waals surface area contributed by atoms with Crippen molar-refractivity contribution in [1.29, 1.82) is 0 Å². The van der Waals surface area contributed by atoms with Gasteiger partial charge in [-0.15, -0.1) is 5.10 Å². The lowest BCUT2D eigenvalue weighted by molar-refractivity contribution is 0.0992. The molecule has 1 aromatic carbocycles. The monoisotopic (exact) mass is 416 g/mol. The number of tetrazole rings is 1. The molecule has 0 saturated carbocycles. The first kappa shape index (κ1) is 20.9. The summed E-state index contributed by atoms with van der Waals surface area (Å²) in [5.41, 5.74) is 7.40. The van der Waals surface area contributed by atoms with Gasteiger partial charge in [0.2, 0.25) is 0 Å². The summed E-state index contributed by atoms with van der Waals surface area (Å²) in [5.74, 6) is 0.803. The Bertz CT molecular complexity index is 1130. The maximum Gasteiger partial charge on any atom is 0.266 e. The van der Waals surface area contributed by atoms with Crippen LogP contribution in [0.5, 0.6) is 0 Å². The van der Waals surface area contributed by atoms with Gasteiger partial charge in [-0.3, -0.25) is 9.78 Å². The highest BCUT2D eigenvalue weighted by Crippen LogP contribution is 2.28. The first-order chi connectivity index (χ1) is 14.9. The van der Waals surface area contributed by atoms with E-state index in [1.54, 1.807) is 11.0 Å². The highest BCUT2D eigenvalue weighted by atomic mass is 16.1. The van der Waals surface area contributed by atoms with Gasteiger partial charge in [0.25, 0.3) is 5.95 Å². The van der Waals surface area contributed by atoms with Gasteiger partial charge in [0, 0.05) is 37.0 Å². The zero-order valence-electron chi connectivity index (χ0n) is 18.6. The SMILES string of the molecule is CCn1nnc(N2CCC(C)=C(c3ccc(CC(=O)c4cc(C)ncc4C)cc3)C2)n1. The second-order valence-electron chi connectivity index (χ2n) is 8.15. The molecular formula is C24H28N6O. The van der Waals surface area contributed by atoms with E-state index < -0.39 is 0 Å². The lowest BCUT2D eigenvalue weighted by atomic mass is 9.93. The fourth-order valence-corrected chi connectivity index (χ4v) is 3.90. The molecule has 31 heavy (non-hydrogen) atoms. The summed E-state index contributed by atoms with van der Waals surface area (Å²) in [5, 5.41) is 12.7. The molecule has 3 heterocycles. The minimum atomic E-state index is 0.125. The van der Waals surface area contributed by atoms with Crippen molar-refractivity contribution in [1.82, 2.24) is 25.2 Å². The number of ketones is 1. The Hall–Kier alpha value is -3.35. The van der Waals surface area contributed by atoms with Crippen LogP contribution in [0.3, 0.4) is 0 Å². The average Bonchev–Trinajstić information content (AvgIpc) is 3.26. The molecule has 0 amide bonds. The van der Waals surface area contributed by atoms with Crippen molar-refractivity contribution in [2.75, 3.05) is 18.0 Å². The molecule has 0 N–H and O–H groups in total. The van der Waals surface area contributed by atoms with Gasteiger partial charge in [-0.1, -0.05) is 34.9 Å². The molecule has 0 unspecified atom stereocenters. The summed E-state index contributed by atoms with van der Waals surface area (Å²) in [6, 6.07) is 10.2. The molecule has 2 aromatic heterocycles. The van der Waals surface area contributed by atoms with Crippen LogP contribution in [0, 0.1) is 13.8 Å². The molecule has 1 aliphatic heterocycles. The van der Waals surface area contributed by atoms with E-state index >= 15 is 0 Å². The minimum absolute atomic E-state index is 0.125. The number of carbonyl (C=O) groups excluding carboxylic acids is 1. The number of carbonyl (C=O) groups is 1. The summed E-state index contributed by atoms with van der Waals surface area (Å²) >= 11 is 0. The number of benzene rings is 1. The molecule has 3 aromatic rings. The molecule has 0 radical (unpaired) electrons.